The van der Waals surface area contributed by atoms with Gasteiger partial charge >= 0.3 is 0 Å². The van der Waals surface area contributed by atoms with Crippen LogP contribution < -0.4 is 0 Å². The zero-order valence-electron chi connectivity index (χ0n) is 8.94. The maximum Gasteiger partial charge on any atom is 0.222 e. The lowest BCUT2D eigenvalue weighted by Gasteiger charge is -2.15. The minimum Gasteiger partial charge on any atom is -0.396 e. The Morgan fingerprint density at radius 2 is 2.40 bits per heavy atom. The van der Waals surface area contributed by atoms with Crippen LogP contribution in [0.5, 0.6) is 0 Å². The van der Waals surface area contributed by atoms with Gasteiger partial charge in [-0.25, -0.2) is 4.98 Å². The van der Waals surface area contributed by atoms with Crippen LogP contribution in [0.15, 0.2) is 12.4 Å². The van der Waals surface area contributed by atoms with E-state index in [0.29, 0.717) is 19.4 Å². The van der Waals surface area contributed by atoms with E-state index in [4.69, 9.17) is 5.11 Å². The average molecular weight is 211 g/mol. The highest BCUT2D eigenvalue weighted by atomic mass is 16.3. The highest BCUT2D eigenvalue weighted by Crippen LogP contribution is 2.02. The molecule has 0 spiro atoms. The van der Waals surface area contributed by atoms with Crippen LogP contribution in [0.2, 0.25) is 0 Å². The van der Waals surface area contributed by atoms with Crippen molar-refractivity contribution in [2.45, 2.75) is 25.8 Å². The van der Waals surface area contributed by atoms with Crippen LogP contribution in [-0.4, -0.2) is 39.5 Å². The van der Waals surface area contributed by atoms with E-state index < -0.39 is 0 Å². The van der Waals surface area contributed by atoms with E-state index in [0.717, 1.165) is 12.2 Å². The summed E-state index contributed by atoms with van der Waals surface area (Å²) in [4.78, 5) is 20.2. The Balaban J connectivity index is 2.27. The number of aliphatic hydroxyl groups excluding tert-OH is 1. The Morgan fingerprint density at radius 3 is 3.00 bits per heavy atom. The van der Waals surface area contributed by atoms with Crippen molar-refractivity contribution in [1.82, 2.24) is 14.9 Å². The van der Waals surface area contributed by atoms with Crippen molar-refractivity contribution in [2.75, 3.05) is 13.7 Å². The van der Waals surface area contributed by atoms with Crippen LogP contribution >= 0.6 is 0 Å². The minimum atomic E-state index is 0.0832. The second-order valence-electron chi connectivity index (χ2n) is 3.47. The molecule has 0 aliphatic carbocycles. The number of H-pyrrole nitrogens is 1. The van der Waals surface area contributed by atoms with Crippen LogP contribution in [0, 0.1) is 0 Å². The molecule has 0 aromatic carbocycles. The number of aliphatic hydroxyl groups is 1. The normalized spacial score (nSPS) is 10.3. The van der Waals surface area contributed by atoms with Crippen molar-refractivity contribution >= 4 is 5.91 Å². The number of amides is 1. The molecule has 0 atom stereocenters. The van der Waals surface area contributed by atoms with Gasteiger partial charge in [0, 0.05) is 32.5 Å². The summed E-state index contributed by atoms with van der Waals surface area (Å²) in [5, 5.41) is 8.59. The summed E-state index contributed by atoms with van der Waals surface area (Å²) in [6.07, 6.45) is 5.30. The van der Waals surface area contributed by atoms with Gasteiger partial charge in [0.25, 0.3) is 0 Å². The van der Waals surface area contributed by atoms with Gasteiger partial charge in [0.15, 0.2) is 0 Å². The van der Waals surface area contributed by atoms with Crippen LogP contribution in [0.3, 0.4) is 0 Å². The molecule has 84 valence electrons. The van der Waals surface area contributed by atoms with E-state index >= 15 is 0 Å². The first-order chi connectivity index (χ1) is 7.24. The summed E-state index contributed by atoms with van der Waals surface area (Å²) in [7, 11) is 1.75. The molecule has 5 heteroatoms. The number of aromatic amines is 1. The maximum atomic E-state index is 11.5. The number of carbonyl (C=O) groups excluding carboxylic acids is 1. The molecule has 1 rings (SSSR count). The van der Waals surface area contributed by atoms with Gasteiger partial charge in [-0.2, -0.15) is 0 Å². The lowest BCUT2D eigenvalue weighted by Crippen LogP contribution is -2.26. The number of nitrogens with one attached hydrogen (secondary N) is 1. The van der Waals surface area contributed by atoms with Gasteiger partial charge < -0.3 is 15.0 Å². The van der Waals surface area contributed by atoms with E-state index in [1.54, 1.807) is 24.3 Å². The van der Waals surface area contributed by atoms with Gasteiger partial charge in [-0.15, -0.1) is 0 Å². The van der Waals surface area contributed by atoms with E-state index in [1.165, 1.54) is 0 Å². The molecule has 15 heavy (non-hydrogen) atoms. The number of nitrogens with zero attached hydrogens (tertiary/aromatic N) is 2. The molecule has 0 radical (unpaired) electrons. The standard InChI is InChI=1S/C10H17N3O2/c1-13(8-9-11-5-6-12-9)10(15)4-2-3-7-14/h5-6,14H,2-4,7-8H2,1H3,(H,11,12). The zero-order valence-corrected chi connectivity index (χ0v) is 8.94. The predicted molar refractivity (Wildman–Crippen MR) is 56.0 cm³/mol. The van der Waals surface area contributed by atoms with E-state index in [2.05, 4.69) is 9.97 Å². The van der Waals surface area contributed by atoms with E-state index in [-0.39, 0.29) is 12.5 Å². The fraction of sp³-hybridized carbons (Fsp3) is 0.600. The molecule has 2 N–H and O–H groups in total. The molecule has 0 unspecified atom stereocenters. The quantitative estimate of drug-likeness (QED) is 0.674. The molecule has 0 saturated heterocycles. The van der Waals surface area contributed by atoms with Crippen LogP contribution in [0.25, 0.3) is 0 Å². The molecule has 0 bridgehead atoms. The highest BCUT2D eigenvalue weighted by molar-refractivity contribution is 5.75. The van der Waals surface area contributed by atoms with Crippen LogP contribution in [0.1, 0.15) is 25.1 Å². The SMILES string of the molecule is CN(Cc1ncc[nH]1)C(=O)CCCCO. The third kappa shape index (κ3) is 4.12. The molecule has 1 aromatic rings. The molecule has 0 saturated carbocycles. The molecule has 0 aliphatic rings. The minimum absolute atomic E-state index is 0.0832. The Labute approximate surface area is 89.1 Å². The number of imidazole rings is 1. The lowest BCUT2D eigenvalue weighted by molar-refractivity contribution is -0.130. The number of aromatic nitrogens is 2. The first-order valence-electron chi connectivity index (χ1n) is 5.07. The average Bonchev–Trinajstić information content (AvgIpc) is 2.70. The third-order valence-corrected chi connectivity index (χ3v) is 2.17. The topological polar surface area (TPSA) is 69.2 Å². The Morgan fingerprint density at radius 1 is 1.60 bits per heavy atom. The van der Waals surface area contributed by atoms with Crippen molar-refractivity contribution in [3.05, 3.63) is 18.2 Å². The van der Waals surface area contributed by atoms with Crippen molar-refractivity contribution < 1.29 is 9.90 Å². The number of rotatable bonds is 6. The van der Waals surface area contributed by atoms with Crippen molar-refractivity contribution in [3.8, 4) is 0 Å². The molecule has 0 aliphatic heterocycles. The van der Waals surface area contributed by atoms with Crippen LogP contribution in [-0.2, 0) is 11.3 Å². The molecule has 5 nitrogen and oxygen atoms in total. The lowest BCUT2D eigenvalue weighted by atomic mass is 10.2. The van der Waals surface area contributed by atoms with Gasteiger partial charge in [-0.1, -0.05) is 0 Å². The molecule has 1 amide bonds. The summed E-state index contributed by atoms with van der Waals surface area (Å²) in [5.74, 6) is 0.868. The van der Waals surface area contributed by atoms with Crippen molar-refractivity contribution in [2.24, 2.45) is 0 Å². The van der Waals surface area contributed by atoms with Gasteiger partial charge in [0.05, 0.1) is 6.54 Å². The largest absolute Gasteiger partial charge is 0.396 e. The van der Waals surface area contributed by atoms with Gasteiger partial charge in [0.1, 0.15) is 5.82 Å². The number of hydrogen-bond acceptors (Lipinski definition) is 3. The molecular weight excluding hydrogens is 194 g/mol. The predicted octanol–water partition coefficient (Wildman–Crippen LogP) is 0.531. The number of hydrogen-bond donors (Lipinski definition) is 2. The van der Waals surface area contributed by atoms with Gasteiger partial charge in [0.2, 0.25) is 5.91 Å². The van der Waals surface area contributed by atoms with E-state index in [9.17, 15) is 4.79 Å². The number of carbonyl (C=O) groups is 1. The summed E-state index contributed by atoms with van der Waals surface area (Å²) >= 11 is 0. The Hall–Kier alpha value is -1.36. The Kier molecular flexibility index (Phi) is 4.83. The smallest absolute Gasteiger partial charge is 0.222 e. The van der Waals surface area contributed by atoms with Gasteiger partial charge in [-0.3, -0.25) is 4.79 Å². The van der Waals surface area contributed by atoms with Crippen molar-refractivity contribution in [3.63, 3.8) is 0 Å². The summed E-state index contributed by atoms with van der Waals surface area (Å²) in [6, 6.07) is 0. The second kappa shape index (κ2) is 6.19. The zero-order chi connectivity index (χ0) is 11.1. The summed E-state index contributed by atoms with van der Waals surface area (Å²) in [6.45, 7) is 0.653. The monoisotopic (exact) mass is 211 g/mol. The highest BCUT2D eigenvalue weighted by Gasteiger charge is 2.09. The molecule has 0 fully saturated rings. The van der Waals surface area contributed by atoms with E-state index in [1.807, 2.05) is 0 Å². The number of unbranched alkanes of at least 4 members (excludes halogenated alkanes) is 1. The molecular formula is C10H17N3O2. The van der Waals surface area contributed by atoms with Crippen LogP contribution in [0.4, 0.5) is 0 Å². The summed E-state index contributed by atoms with van der Waals surface area (Å²) < 4.78 is 0. The third-order valence-electron chi connectivity index (χ3n) is 2.17. The first-order valence-corrected chi connectivity index (χ1v) is 5.07. The summed E-state index contributed by atoms with van der Waals surface area (Å²) in [5.41, 5.74) is 0. The maximum absolute atomic E-state index is 11.5. The second-order valence-corrected chi connectivity index (χ2v) is 3.47. The van der Waals surface area contributed by atoms with Gasteiger partial charge in [-0.05, 0) is 12.8 Å². The molecule has 1 aromatic heterocycles. The fourth-order valence-corrected chi connectivity index (χ4v) is 1.28. The Bertz CT molecular complexity index is 285. The fourth-order valence-electron chi connectivity index (χ4n) is 1.28. The van der Waals surface area contributed by atoms with Crippen molar-refractivity contribution in [1.29, 1.82) is 0 Å². The molecule has 1 heterocycles. The first kappa shape index (κ1) is 11.7.